The van der Waals surface area contributed by atoms with Gasteiger partial charge in [-0.3, -0.25) is 9.79 Å². The predicted molar refractivity (Wildman–Crippen MR) is 94.5 cm³/mol. The molecule has 6 heteroatoms. The molecule has 3 N–H and O–H groups in total. The van der Waals surface area contributed by atoms with Gasteiger partial charge in [-0.05, 0) is 40.5 Å². The van der Waals surface area contributed by atoms with Crippen LogP contribution in [-0.2, 0) is 4.79 Å². The van der Waals surface area contributed by atoms with Crippen molar-refractivity contribution < 1.29 is 9.90 Å². The number of carbonyl (C=O) groups excluding carboxylic acids is 1. The van der Waals surface area contributed by atoms with E-state index in [0.29, 0.717) is 12.5 Å². The lowest BCUT2D eigenvalue weighted by Crippen LogP contribution is -2.49. The van der Waals surface area contributed by atoms with Crippen molar-refractivity contribution >= 4 is 11.9 Å². The minimum absolute atomic E-state index is 0.0398. The van der Waals surface area contributed by atoms with E-state index >= 15 is 0 Å². The molecule has 0 aromatic heterocycles. The van der Waals surface area contributed by atoms with Crippen LogP contribution in [0.3, 0.4) is 0 Å². The molecular formula is C17H34N4O2. The number of likely N-dealkylation sites (N-methyl/N-ethyl adjacent to an activating group) is 1. The van der Waals surface area contributed by atoms with Crippen molar-refractivity contribution in [3.8, 4) is 0 Å². The summed E-state index contributed by atoms with van der Waals surface area (Å²) in [4.78, 5) is 18.4. The molecule has 0 radical (unpaired) electrons. The maximum absolute atomic E-state index is 12.1. The highest BCUT2D eigenvalue weighted by Gasteiger charge is 2.29. The van der Waals surface area contributed by atoms with Gasteiger partial charge in [0.1, 0.15) is 0 Å². The molecule has 0 spiro atoms. The Morgan fingerprint density at radius 2 is 1.87 bits per heavy atom. The molecule has 6 nitrogen and oxygen atoms in total. The molecule has 0 bridgehead atoms. The van der Waals surface area contributed by atoms with Gasteiger partial charge in [-0.1, -0.05) is 19.3 Å². The number of nitrogens with zero attached hydrogens (tertiary/aromatic N) is 2. The van der Waals surface area contributed by atoms with E-state index in [1.54, 1.807) is 4.90 Å². The maximum atomic E-state index is 12.1. The zero-order chi connectivity index (χ0) is 17.5. The number of rotatable bonds is 5. The molecule has 1 amide bonds. The zero-order valence-corrected chi connectivity index (χ0v) is 15.4. The molecule has 0 heterocycles. The minimum atomic E-state index is -0.687. The molecule has 23 heavy (non-hydrogen) atoms. The molecular weight excluding hydrogens is 292 g/mol. The van der Waals surface area contributed by atoms with Crippen LogP contribution in [0.4, 0.5) is 0 Å². The molecule has 1 aliphatic rings. The Balaban J connectivity index is 2.64. The zero-order valence-electron chi connectivity index (χ0n) is 15.4. The predicted octanol–water partition coefficient (Wildman–Crippen LogP) is 1.49. The quantitative estimate of drug-likeness (QED) is 0.528. The van der Waals surface area contributed by atoms with Crippen LogP contribution < -0.4 is 10.6 Å². The number of amides is 1. The first-order valence-electron chi connectivity index (χ1n) is 8.68. The Hall–Kier alpha value is -1.30. The first kappa shape index (κ1) is 19.7. The van der Waals surface area contributed by atoms with Gasteiger partial charge in [-0.2, -0.15) is 0 Å². The Morgan fingerprint density at radius 3 is 2.39 bits per heavy atom. The van der Waals surface area contributed by atoms with Crippen LogP contribution in [0, 0.1) is 0 Å². The van der Waals surface area contributed by atoms with Gasteiger partial charge in [0.25, 0.3) is 0 Å². The van der Waals surface area contributed by atoms with Crippen LogP contribution in [0.5, 0.6) is 0 Å². The number of hydrogen-bond acceptors (Lipinski definition) is 3. The van der Waals surface area contributed by atoms with Crippen LogP contribution in [0.15, 0.2) is 4.99 Å². The van der Waals surface area contributed by atoms with Crippen molar-refractivity contribution in [3.05, 3.63) is 0 Å². The van der Waals surface area contributed by atoms with Gasteiger partial charge in [0.15, 0.2) is 5.96 Å². The highest BCUT2D eigenvalue weighted by molar-refractivity contribution is 5.86. The van der Waals surface area contributed by atoms with Crippen LogP contribution >= 0.6 is 0 Å². The van der Waals surface area contributed by atoms with Crippen molar-refractivity contribution in [3.63, 3.8) is 0 Å². The Morgan fingerprint density at radius 1 is 1.26 bits per heavy atom. The number of nitrogens with one attached hydrogen (secondary N) is 2. The fourth-order valence-corrected chi connectivity index (χ4v) is 2.81. The number of carbonyl (C=O) groups is 1. The first-order valence-corrected chi connectivity index (χ1v) is 8.68. The minimum Gasteiger partial charge on any atom is -0.388 e. The van der Waals surface area contributed by atoms with E-state index in [4.69, 9.17) is 0 Å². The first-order chi connectivity index (χ1) is 10.7. The van der Waals surface area contributed by atoms with Crippen LogP contribution in [0.25, 0.3) is 0 Å². The van der Waals surface area contributed by atoms with E-state index in [1.165, 1.54) is 6.42 Å². The van der Waals surface area contributed by atoms with Crippen LogP contribution in [-0.4, -0.2) is 59.7 Å². The standard InChI is InChI=1S/C17H34N4O2/c1-6-18-15(19-13-17(23)10-8-7-9-11-17)21(5)12-14(22)20-16(2,3)4/h23H,6-13H2,1-5H3,(H,18,19)(H,20,22). The second-order valence-corrected chi connectivity index (χ2v) is 7.61. The van der Waals surface area contributed by atoms with E-state index in [2.05, 4.69) is 15.6 Å². The Kier molecular flexibility index (Phi) is 7.32. The van der Waals surface area contributed by atoms with Gasteiger partial charge in [0.05, 0.1) is 18.7 Å². The SMILES string of the molecule is CCNC(=NCC1(O)CCCCC1)N(C)CC(=O)NC(C)(C)C. The van der Waals surface area contributed by atoms with Gasteiger partial charge >= 0.3 is 0 Å². The molecule has 0 aliphatic heterocycles. The average molecular weight is 326 g/mol. The lowest BCUT2D eigenvalue weighted by atomic mass is 9.85. The second kappa shape index (κ2) is 8.52. The normalized spacial score (nSPS) is 18.4. The molecule has 0 aromatic carbocycles. The van der Waals surface area contributed by atoms with Crippen LogP contribution in [0.2, 0.25) is 0 Å². The topological polar surface area (TPSA) is 77.0 Å². The molecule has 1 fully saturated rings. The third-order valence-corrected chi connectivity index (χ3v) is 3.90. The summed E-state index contributed by atoms with van der Waals surface area (Å²) < 4.78 is 0. The van der Waals surface area contributed by atoms with Crippen molar-refractivity contribution in [2.45, 2.75) is 70.9 Å². The van der Waals surface area contributed by atoms with E-state index < -0.39 is 5.60 Å². The van der Waals surface area contributed by atoms with Crippen molar-refractivity contribution in [1.29, 1.82) is 0 Å². The third-order valence-electron chi connectivity index (χ3n) is 3.90. The largest absolute Gasteiger partial charge is 0.388 e. The number of guanidine groups is 1. The molecule has 1 saturated carbocycles. The summed E-state index contributed by atoms with van der Waals surface area (Å²) in [6.07, 6.45) is 4.94. The summed E-state index contributed by atoms with van der Waals surface area (Å²) in [6, 6.07) is 0. The fourth-order valence-electron chi connectivity index (χ4n) is 2.81. The average Bonchev–Trinajstić information content (AvgIpc) is 2.42. The van der Waals surface area contributed by atoms with E-state index in [1.807, 2.05) is 34.7 Å². The molecule has 0 aromatic rings. The van der Waals surface area contributed by atoms with Crippen molar-refractivity contribution in [1.82, 2.24) is 15.5 Å². The Labute approximate surface area is 140 Å². The molecule has 134 valence electrons. The van der Waals surface area contributed by atoms with Gasteiger partial charge in [0, 0.05) is 19.1 Å². The maximum Gasteiger partial charge on any atom is 0.240 e. The van der Waals surface area contributed by atoms with Gasteiger partial charge in [-0.25, -0.2) is 0 Å². The summed E-state index contributed by atoms with van der Waals surface area (Å²) in [5.74, 6) is 0.623. The highest BCUT2D eigenvalue weighted by atomic mass is 16.3. The van der Waals surface area contributed by atoms with Gasteiger partial charge in [0.2, 0.25) is 5.91 Å². The van der Waals surface area contributed by atoms with Gasteiger partial charge < -0.3 is 20.6 Å². The fraction of sp³-hybridized carbons (Fsp3) is 0.882. The summed E-state index contributed by atoms with van der Waals surface area (Å²) in [7, 11) is 1.84. The Bertz CT molecular complexity index is 409. The molecule has 1 aliphatic carbocycles. The smallest absolute Gasteiger partial charge is 0.240 e. The third kappa shape index (κ3) is 7.68. The number of aliphatic imine (C=N–C) groups is 1. The van der Waals surface area contributed by atoms with Crippen molar-refractivity contribution in [2.24, 2.45) is 4.99 Å². The molecule has 0 atom stereocenters. The molecule has 0 saturated heterocycles. The monoisotopic (exact) mass is 326 g/mol. The lowest BCUT2D eigenvalue weighted by molar-refractivity contribution is -0.122. The highest BCUT2D eigenvalue weighted by Crippen LogP contribution is 2.28. The summed E-state index contributed by atoms with van der Waals surface area (Å²) in [5.41, 5.74) is -0.932. The van der Waals surface area contributed by atoms with E-state index in [-0.39, 0.29) is 18.0 Å². The summed E-state index contributed by atoms with van der Waals surface area (Å²) >= 11 is 0. The molecule has 0 unspecified atom stereocenters. The van der Waals surface area contributed by atoms with Gasteiger partial charge in [-0.15, -0.1) is 0 Å². The second-order valence-electron chi connectivity index (χ2n) is 7.61. The van der Waals surface area contributed by atoms with E-state index in [9.17, 15) is 9.90 Å². The van der Waals surface area contributed by atoms with Crippen LogP contribution in [0.1, 0.15) is 59.8 Å². The van der Waals surface area contributed by atoms with E-state index in [0.717, 1.165) is 32.2 Å². The van der Waals surface area contributed by atoms with Crippen molar-refractivity contribution in [2.75, 3.05) is 26.7 Å². The summed E-state index contributed by atoms with van der Waals surface area (Å²) in [5, 5.41) is 16.7. The number of hydrogen-bond donors (Lipinski definition) is 3. The number of aliphatic hydroxyl groups is 1. The summed E-state index contributed by atoms with van der Waals surface area (Å²) in [6.45, 7) is 9.23. The lowest BCUT2D eigenvalue weighted by Gasteiger charge is -2.31. The molecule has 1 rings (SSSR count).